The molecule has 1 N–H and O–H groups in total. The Labute approximate surface area is 113 Å². The predicted octanol–water partition coefficient (Wildman–Crippen LogP) is 2.44. The lowest BCUT2D eigenvalue weighted by molar-refractivity contribution is -0.0788. The lowest BCUT2D eigenvalue weighted by Gasteiger charge is -2.40. The minimum Gasteiger partial charge on any atom is -0.485 e. The van der Waals surface area contributed by atoms with Crippen molar-refractivity contribution in [3.63, 3.8) is 0 Å². The summed E-state index contributed by atoms with van der Waals surface area (Å²) in [6, 6.07) is 5.69. The van der Waals surface area contributed by atoms with Gasteiger partial charge in [0.15, 0.2) is 5.78 Å². The van der Waals surface area contributed by atoms with Gasteiger partial charge in [-0.1, -0.05) is 0 Å². The summed E-state index contributed by atoms with van der Waals surface area (Å²) in [5, 5.41) is 3.42. The Bertz CT molecular complexity index is 538. The molecule has 4 nitrogen and oxygen atoms in total. The third-order valence-corrected chi connectivity index (χ3v) is 3.88. The Balaban J connectivity index is 2.09. The number of benzene rings is 1. The SMILES string of the molecule is CC(=O)c1ccc2c(c1)C1NC(C)OC1C(C)(C)O2. The van der Waals surface area contributed by atoms with Gasteiger partial charge in [0.2, 0.25) is 0 Å². The smallest absolute Gasteiger partial charge is 0.159 e. The van der Waals surface area contributed by atoms with E-state index in [1.807, 2.05) is 39.0 Å². The summed E-state index contributed by atoms with van der Waals surface area (Å²) in [7, 11) is 0. The second kappa shape index (κ2) is 4.05. The van der Waals surface area contributed by atoms with Crippen molar-refractivity contribution in [1.82, 2.24) is 5.32 Å². The maximum Gasteiger partial charge on any atom is 0.159 e. The number of rotatable bonds is 1. The first-order valence-electron chi connectivity index (χ1n) is 6.64. The highest BCUT2D eigenvalue weighted by atomic mass is 16.6. The molecule has 4 heteroatoms. The van der Waals surface area contributed by atoms with Gasteiger partial charge in [0.05, 0.1) is 6.04 Å². The molecule has 0 aromatic heterocycles. The maximum absolute atomic E-state index is 11.5. The van der Waals surface area contributed by atoms with Gasteiger partial charge in [-0.05, 0) is 45.9 Å². The topological polar surface area (TPSA) is 47.6 Å². The van der Waals surface area contributed by atoms with Gasteiger partial charge in [-0.15, -0.1) is 0 Å². The van der Waals surface area contributed by atoms with Crippen molar-refractivity contribution in [2.24, 2.45) is 0 Å². The van der Waals surface area contributed by atoms with E-state index in [1.165, 1.54) is 0 Å². The van der Waals surface area contributed by atoms with E-state index < -0.39 is 0 Å². The molecular weight excluding hydrogens is 242 g/mol. The van der Waals surface area contributed by atoms with E-state index in [1.54, 1.807) is 6.92 Å². The molecule has 3 rings (SSSR count). The highest BCUT2D eigenvalue weighted by Gasteiger charge is 2.49. The second-order valence-electron chi connectivity index (χ2n) is 5.86. The molecule has 1 aromatic rings. The number of fused-ring (bicyclic) bond motifs is 3. The Kier molecular flexibility index (Phi) is 2.69. The summed E-state index contributed by atoms with van der Waals surface area (Å²) >= 11 is 0. The van der Waals surface area contributed by atoms with E-state index in [2.05, 4.69) is 5.32 Å². The Morgan fingerprint density at radius 3 is 2.79 bits per heavy atom. The van der Waals surface area contributed by atoms with Gasteiger partial charge in [0, 0.05) is 11.1 Å². The molecule has 2 aliphatic heterocycles. The lowest BCUT2D eigenvalue weighted by atomic mass is 9.86. The van der Waals surface area contributed by atoms with E-state index in [0.29, 0.717) is 5.56 Å². The zero-order chi connectivity index (χ0) is 13.8. The molecule has 0 spiro atoms. The van der Waals surface area contributed by atoms with Gasteiger partial charge < -0.3 is 9.47 Å². The van der Waals surface area contributed by atoms with Gasteiger partial charge in [-0.25, -0.2) is 0 Å². The van der Waals surface area contributed by atoms with Crippen LogP contribution in [0, 0.1) is 0 Å². The summed E-state index contributed by atoms with van der Waals surface area (Å²) in [6.45, 7) is 7.63. The van der Waals surface area contributed by atoms with E-state index in [0.717, 1.165) is 11.3 Å². The third-order valence-electron chi connectivity index (χ3n) is 3.88. The average molecular weight is 261 g/mol. The van der Waals surface area contributed by atoms with Gasteiger partial charge >= 0.3 is 0 Å². The molecule has 0 amide bonds. The van der Waals surface area contributed by atoms with E-state index in [9.17, 15) is 4.79 Å². The summed E-state index contributed by atoms with van der Waals surface area (Å²) in [5.74, 6) is 0.901. The first-order valence-corrected chi connectivity index (χ1v) is 6.64. The van der Waals surface area contributed by atoms with E-state index >= 15 is 0 Å². The zero-order valence-electron chi connectivity index (χ0n) is 11.7. The van der Waals surface area contributed by atoms with Crippen LogP contribution in [-0.4, -0.2) is 23.7 Å². The van der Waals surface area contributed by atoms with Crippen molar-refractivity contribution in [1.29, 1.82) is 0 Å². The maximum atomic E-state index is 11.5. The van der Waals surface area contributed by atoms with Crippen LogP contribution >= 0.6 is 0 Å². The molecule has 19 heavy (non-hydrogen) atoms. The van der Waals surface area contributed by atoms with Crippen molar-refractivity contribution in [3.8, 4) is 5.75 Å². The van der Waals surface area contributed by atoms with Crippen molar-refractivity contribution in [3.05, 3.63) is 29.3 Å². The van der Waals surface area contributed by atoms with Crippen LogP contribution in [0.4, 0.5) is 0 Å². The minimum absolute atomic E-state index is 0.00944. The van der Waals surface area contributed by atoms with Crippen molar-refractivity contribution in [2.45, 2.75) is 51.7 Å². The van der Waals surface area contributed by atoms with Gasteiger partial charge in [0.1, 0.15) is 23.7 Å². The highest BCUT2D eigenvalue weighted by Crippen LogP contribution is 2.44. The van der Waals surface area contributed by atoms with Crippen LogP contribution in [0.1, 0.15) is 49.7 Å². The number of carbonyl (C=O) groups is 1. The number of ether oxygens (including phenoxy) is 2. The van der Waals surface area contributed by atoms with Crippen molar-refractivity contribution >= 4 is 5.78 Å². The molecule has 2 aliphatic rings. The van der Waals surface area contributed by atoms with E-state index in [-0.39, 0.29) is 29.8 Å². The Hall–Kier alpha value is -1.39. The number of hydrogen-bond donors (Lipinski definition) is 1. The first kappa shape index (κ1) is 12.6. The number of nitrogens with one attached hydrogen (secondary N) is 1. The largest absolute Gasteiger partial charge is 0.485 e. The van der Waals surface area contributed by atoms with E-state index in [4.69, 9.17) is 9.47 Å². The number of hydrogen-bond acceptors (Lipinski definition) is 4. The van der Waals surface area contributed by atoms with Crippen LogP contribution in [0.15, 0.2) is 18.2 Å². The van der Waals surface area contributed by atoms with Crippen LogP contribution in [0.3, 0.4) is 0 Å². The van der Waals surface area contributed by atoms with Crippen LogP contribution in [0.25, 0.3) is 0 Å². The van der Waals surface area contributed by atoms with Crippen LogP contribution in [-0.2, 0) is 4.74 Å². The summed E-state index contributed by atoms with van der Waals surface area (Å²) in [6.07, 6.45) is -0.0537. The third kappa shape index (κ3) is 1.95. The number of Topliss-reactive ketones (excluding diaryl/α,β-unsaturated/α-hetero) is 1. The van der Waals surface area contributed by atoms with Gasteiger partial charge in [-0.3, -0.25) is 10.1 Å². The second-order valence-corrected chi connectivity index (χ2v) is 5.86. The summed E-state index contributed by atoms with van der Waals surface area (Å²) in [4.78, 5) is 11.5. The molecule has 3 unspecified atom stereocenters. The Morgan fingerprint density at radius 2 is 2.11 bits per heavy atom. The summed E-state index contributed by atoms with van der Waals surface area (Å²) < 4.78 is 12.0. The van der Waals surface area contributed by atoms with Crippen LogP contribution in [0.5, 0.6) is 5.75 Å². The first-order chi connectivity index (χ1) is 8.88. The van der Waals surface area contributed by atoms with Gasteiger partial charge in [0.25, 0.3) is 0 Å². The number of carbonyl (C=O) groups excluding carboxylic acids is 1. The van der Waals surface area contributed by atoms with Gasteiger partial charge in [-0.2, -0.15) is 0 Å². The molecular formula is C15H19NO3. The fourth-order valence-electron chi connectivity index (χ4n) is 2.94. The fraction of sp³-hybridized carbons (Fsp3) is 0.533. The quantitative estimate of drug-likeness (QED) is 0.789. The highest BCUT2D eigenvalue weighted by molar-refractivity contribution is 5.94. The van der Waals surface area contributed by atoms with Crippen LogP contribution in [0.2, 0.25) is 0 Å². The predicted molar refractivity (Wildman–Crippen MR) is 71.4 cm³/mol. The molecule has 0 radical (unpaired) electrons. The molecule has 102 valence electrons. The lowest BCUT2D eigenvalue weighted by Crippen LogP contribution is -2.49. The molecule has 0 saturated carbocycles. The van der Waals surface area contributed by atoms with Crippen LogP contribution < -0.4 is 10.1 Å². The molecule has 1 fully saturated rings. The molecule has 1 saturated heterocycles. The normalized spacial score (nSPS) is 31.3. The molecule has 0 aliphatic carbocycles. The average Bonchev–Trinajstić information content (AvgIpc) is 2.71. The molecule has 2 heterocycles. The minimum atomic E-state index is -0.382. The zero-order valence-corrected chi connectivity index (χ0v) is 11.7. The molecule has 1 aromatic carbocycles. The van der Waals surface area contributed by atoms with Crippen molar-refractivity contribution in [2.75, 3.05) is 0 Å². The molecule has 0 bridgehead atoms. The fourth-order valence-corrected chi connectivity index (χ4v) is 2.94. The number of ketones is 1. The Morgan fingerprint density at radius 1 is 1.37 bits per heavy atom. The monoisotopic (exact) mass is 261 g/mol. The molecule has 3 atom stereocenters. The van der Waals surface area contributed by atoms with Crippen molar-refractivity contribution < 1.29 is 14.3 Å². The standard InChI is InChI=1S/C15H19NO3/c1-8(17)10-5-6-12-11(7-10)13-14(15(3,4)19-12)18-9(2)16-13/h5-7,9,13-14,16H,1-4H3. The summed E-state index contributed by atoms with van der Waals surface area (Å²) in [5.41, 5.74) is 1.34.